The number of hydrogen-bond acceptors (Lipinski definition) is 4. The Labute approximate surface area is 142 Å². The fourth-order valence-corrected chi connectivity index (χ4v) is 3.03. The lowest BCUT2D eigenvalue weighted by Crippen LogP contribution is -2.40. The highest BCUT2D eigenvalue weighted by Gasteiger charge is 2.19. The molecule has 1 aliphatic rings. The number of nitrogens with one attached hydrogen (secondary N) is 1. The normalized spacial score (nSPS) is 18.8. The standard InChI is InChI=1S/C19H23N3O2/c23-19(17-7-9-20-10-8-17)21-14-16-4-1-11-22(15-16)12-2-5-18-6-3-13-24-18/h2-3,5-10,13,16H,1,4,11-12,14-15H2,(H,21,23)/b5-2+/t16-/m1/s1. The molecule has 3 rings (SSSR count). The molecule has 126 valence electrons. The molecule has 1 N–H and O–H groups in total. The van der Waals surface area contributed by atoms with Crippen LogP contribution in [0.3, 0.4) is 0 Å². The Hall–Kier alpha value is -2.40. The maximum Gasteiger partial charge on any atom is 0.251 e. The Morgan fingerprint density at radius 2 is 2.25 bits per heavy atom. The van der Waals surface area contributed by atoms with Crippen LogP contribution in [-0.2, 0) is 0 Å². The van der Waals surface area contributed by atoms with Gasteiger partial charge < -0.3 is 9.73 Å². The number of carbonyl (C=O) groups excluding carboxylic acids is 1. The molecule has 5 nitrogen and oxygen atoms in total. The second-order valence-corrected chi connectivity index (χ2v) is 6.13. The van der Waals surface area contributed by atoms with Crippen LogP contribution in [0.1, 0.15) is 29.0 Å². The summed E-state index contributed by atoms with van der Waals surface area (Å²) in [5.74, 6) is 1.36. The van der Waals surface area contributed by atoms with E-state index in [1.54, 1.807) is 30.8 Å². The minimum Gasteiger partial charge on any atom is -0.465 e. The van der Waals surface area contributed by atoms with Gasteiger partial charge in [0.05, 0.1) is 6.26 Å². The molecule has 0 spiro atoms. The van der Waals surface area contributed by atoms with Gasteiger partial charge in [0.1, 0.15) is 5.76 Å². The van der Waals surface area contributed by atoms with Crippen molar-refractivity contribution in [2.75, 3.05) is 26.2 Å². The average molecular weight is 325 g/mol. The van der Waals surface area contributed by atoms with Crippen LogP contribution in [-0.4, -0.2) is 42.0 Å². The van der Waals surface area contributed by atoms with Gasteiger partial charge in [-0.05, 0) is 55.6 Å². The van der Waals surface area contributed by atoms with E-state index in [1.807, 2.05) is 18.2 Å². The van der Waals surface area contributed by atoms with Crippen LogP contribution in [0.5, 0.6) is 0 Å². The Balaban J connectivity index is 1.43. The quantitative estimate of drug-likeness (QED) is 0.887. The lowest BCUT2D eigenvalue weighted by molar-refractivity contribution is 0.0934. The SMILES string of the molecule is O=C(NC[C@H]1CCCN(C/C=C/c2ccco2)C1)c1ccncc1. The van der Waals surface area contributed by atoms with E-state index in [4.69, 9.17) is 4.42 Å². The highest BCUT2D eigenvalue weighted by atomic mass is 16.3. The van der Waals surface area contributed by atoms with Crippen LogP contribution in [0.25, 0.3) is 6.08 Å². The van der Waals surface area contributed by atoms with Gasteiger partial charge in [-0.2, -0.15) is 0 Å². The molecule has 1 saturated heterocycles. The second-order valence-electron chi connectivity index (χ2n) is 6.13. The largest absolute Gasteiger partial charge is 0.465 e. The smallest absolute Gasteiger partial charge is 0.251 e. The molecule has 0 saturated carbocycles. The van der Waals surface area contributed by atoms with E-state index in [0.29, 0.717) is 11.5 Å². The summed E-state index contributed by atoms with van der Waals surface area (Å²) >= 11 is 0. The van der Waals surface area contributed by atoms with Crippen molar-refractivity contribution in [2.45, 2.75) is 12.8 Å². The third-order valence-electron chi connectivity index (χ3n) is 4.29. The van der Waals surface area contributed by atoms with E-state index in [9.17, 15) is 4.79 Å². The number of aromatic nitrogens is 1. The molecule has 2 aromatic heterocycles. The molecule has 0 radical (unpaired) electrons. The number of piperidine rings is 1. The number of furan rings is 1. The Morgan fingerprint density at radius 1 is 1.38 bits per heavy atom. The van der Waals surface area contributed by atoms with Gasteiger partial charge in [-0.25, -0.2) is 0 Å². The molecule has 0 unspecified atom stereocenters. The molecule has 24 heavy (non-hydrogen) atoms. The molecular formula is C19H23N3O2. The summed E-state index contributed by atoms with van der Waals surface area (Å²) in [7, 11) is 0. The number of hydrogen-bond donors (Lipinski definition) is 1. The van der Waals surface area contributed by atoms with E-state index in [0.717, 1.165) is 38.4 Å². The van der Waals surface area contributed by atoms with Crippen molar-refractivity contribution in [3.8, 4) is 0 Å². The number of nitrogens with zero attached hydrogens (tertiary/aromatic N) is 2. The summed E-state index contributed by atoms with van der Waals surface area (Å²) in [6.07, 6.45) is 11.4. The van der Waals surface area contributed by atoms with Crippen molar-refractivity contribution in [1.82, 2.24) is 15.2 Å². The van der Waals surface area contributed by atoms with Crippen LogP contribution < -0.4 is 5.32 Å². The van der Waals surface area contributed by atoms with Crippen molar-refractivity contribution >= 4 is 12.0 Å². The Morgan fingerprint density at radius 3 is 3.04 bits per heavy atom. The molecule has 5 heteroatoms. The van der Waals surface area contributed by atoms with Gasteiger partial charge in [0.2, 0.25) is 0 Å². The van der Waals surface area contributed by atoms with Gasteiger partial charge in [0.25, 0.3) is 5.91 Å². The van der Waals surface area contributed by atoms with E-state index in [1.165, 1.54) is 6.42 Å². The lowest BCUT2D eigenvalue weighted by atomic mass is 9.98. The third-order valence-corrected chi connectivity index (χ3v) is 4.29. The highest BCUT2D eigenvalue weighted by Crippen LogP contribution is 2.16. The van der Waals surface area contributed by atoms with E-state index >= 15 is 0 Å². The van der Waals surface area contributed by atoms with Crippen LogP contribution >= 0.6 is 0 Å². The zero-order valence-electron chi connectivity index (χ0n) is 13.7. The summed E-state index contributed by atoms with van der Waals surface area (Å²) < 4.78 is 5.29. The Bertz CT molecular complexity index is 653. The topological polar surface area (TPSA) is 58.4 Å². The predicted octanol–water partition coefficient (Wildman–Crippen LogP) is 2.83. The zero-order valence-corrected chi connectivity index (χ0v) is 13.7. The number of carbonyl (C=O) groups is 1. The first-order valence-corrected chi connectivity index (χ1v) is 8.42. The van der Waals surface area contributed by atoms with Crippen LogP contribution in [0.4, 0.5) is 0 Å². The number of pyridine rings is 1. The van der Waals surface area contributed by atoms with Crippen LogP contribution in [0.15, 0.2) is 53.4 Å². The summed E-state index contributed by atoms with van der Waals surface area (Å²) in [6.45, 7) is 3.76. The summed E-state index contributed by atoms with van der Waals surface area (Å²) in [6, 6.07) is 7.32. The average Bonchev–Trinajstić information content (AvgIpc) is 3.14. The number of likely N-dealkylation sites (tertiary alicyclic amines) is 1. The lowest BCUT2D eigenvalue weighted by Gasteiger charge is -2.32. The van der Waals surface area contributed by atoms with Gasteiger partial charge in [-0.3, -0.25) is 14.7 Å². The predicted molar refractivity (Wildman–Crippen MR) is 93.5 cm³/mol. The van der Waals surface area contributed by atoms with Gasteiger partial charge in [-0.1, -0.05) is 6.08 Å². The Kier molecular flexibility index (Phi) is 5.80. The molecule has 1 atom stereocenters. The highest BCUT2D eigenvalue weighted by molar-refractivity contribution is 5.93. The van der Waals surface area contributed by atoms with Gasteiger partial charge in [0, 0.05) is 37.6 Å². The van der Waals surface area contributed by atoms with Crippen molar-refractivity contribution < 1.29 is 9.21 Å². The van der Waals surface area contributed by atoms with Gasteiger partial charge in [-0.15, -0.1) is 0 Å². The molecule has 1 fully saturated rings. The summed E-state index contributed by atoms with van der Waals surface area (Å²) in [5, 5.41) is 3.04. The molecule has 0 aromatic carbocycles. The minimum absolute atomic E-state index is 0.0211. The first-order chi connectivity index (χ1) is 11.8. The first kappa shape index (κ1) is 16.5. The van der Waals surface area contributed by atoms with E-state index < -0.39 is 0 Å². The van der Waals surface area contributed by atoms with Crippen molar-refractivity contribution in [3.05, 3.63) is 60.3 Å². The van der Waals surface area contributed by atoms with Crippen molar-refractivity contribution in [1.29, 1.82) is 0 Å². The molecular weight excluding hydrogens is 302 g/mol. The number of rotatable bonds is 6. The molecule has 3 heterocycles. The van der Waals surface area contributed by atoms with E-state index in [2.05, 4.69) is 21.3 Å². The minimum atomic E-state index is -0.0211. The zero-order chi connectivity index (χ0) is 16.6. The summed E-state index contributed by atoms with van der Waals surface area (Å²) in [5.41, 5.74) is 0.666. The molecule has 1 amide bonds. The molecule has 1 aliphatic heterocycles. The maximum absolute atomic E-state index is 12.1. The van der Waals surface area contributed by atoms with Crippen LogP contribution in [0.2, 0.25) is 0 Å². The summed E-state index contributed by atoms with van der Waals surface area (Å²) in [4.78, 5) is 18.5. The molecule has 0 aliphatic carbocycles. The van der Waals surface area contributed by atoms with Crippen molar-refractivity contribution in [3.63, 3.8) is 0 Å². The number of amides is 1. The first-order valence-electron chi connectivity index (χ1n) is 8.42. The second kappa shape index (κ2) is 8.45. The van der Waals surface area contributed by atoms with Gasteiger partial charge >= 0.3 is 0 Å². The molecule has 0 bridgehead atoms. The molecule has 2 aromatic rings. The fraction of sp³-hybridized carbons (Fsp3) is 0.368. The maximum atomic E-state index is 12.1. The van der Waals surface area contributed by atoms with Crippen molar-refractivity contribution in [2.24, 2.45) is 5.92 Å². The fourth-order valence-electron chi connectivity index (χ4n) is 3.03. The van der Waals surface area contributed by atoms with E-state index in [-0.39, 0.29) is 5.91 Å². The van der Waals surface area contributed by atoms with Gasteiger partial charge in [0.15, 0.2) is 0 Å². The monoisotopic (exact) mass is 325 g/mol. The van der Waals surface area contributed by atoms with Crippen LogP contribution in [0, 0.1) is 5.92 Å². The third kappa shape index (κ3) is 4.80.